The second-order valence-electron chi connectivity index (χ2n) is 2.24. The Hall–Kier alpha value is -1.41. The van der Waals surface area contributed by atoms with E-state index in [1.165, 1.54) is 17.5 Å². The minimum Gasteiger partial charge on any atom is -0.354 e. The number of rotatable bonds is 3. The van der Waals surface area contributed by atoms with Gasteiger partial charge in [0.1, 0.15) is 5.10 Å². The average Bonchev–Trinajstić information content (AvgIpc) is 2.57. The lowest BCUT2D eigenvalue weighted by Gasteiger charge is -2.02. The molecule has 0 aliphatic rings. The maximum atomic E-state index is 10.2. The van der Waals surface area contributed by atoms with Gasteiger partial charge in [0.05, 0.1) is 6.54 Å². The molecule has 0 atom stereocenters. The van der Waals surface area contributed by atoms with Crippen LogP contribution in [0.5, 0.6) is 0 Å². The van der Waals surface area contributed by atoms with Gasteiger partial charge < -0.3 is 10.6 Å². The molecule has 1 aromatic rings. The van der Waals surface area contributed by atoms with Gasteiger partial charge in [-0.15, -0.1) is 11.3 Å². The molecule has 0 saturated heterocycles. The molecule has 0 unspecified atom stereocenters. The van der Waals surface area contributed by atoms with Crippen LogP contribution in [0.4, 0.5) is 0 Å². The third-order valence-corrected chi connectivity index (χ3v) is 2.37. The number of halogens is 1. The van der Waals surface area contributed by atoms with Gasteiger partial charge in [-0.3, -0.25) is 0 Å². The summed E-state index contributed by atoms with van der Waals surface area (Å²) in [5, 5.41) is 16.5. The standard InChI is InChI=1S/C6H8ClN5O2S/c1-8-6(11-12(13)14)10-3-4-2-9-5(7)15-4/h2H,3H2,1H3,(H2,8,10,11)/i1D3. The maximum absolute atomic E-state index is 10.2. The topological polar surface area (TPSA) is 92.5 Å². The van der Waals surface area contributed by atoms with Crippen molar-refractivity contribution < 1.29 is 9.14 Å². The summed E-state index contributed by atoms with van der Waals surface area (Å²) in [5.74, 6) is -0.454. The predicted octanol–water partition coefficient (Wildman–Crippen LogP) is 0.653. The number of hydrogen-bond acceptors (Lipinski definition) is 4. The van der Waals surface area contributed by atoms with E-state index in [-0.39, 0.29) is 6.54 Å². The number of guanidine groups is 1. The molecule has 1 heterocycles. The van der Waals surface area contributed by atoms with Gasteiger partial charge in [0.2, 0.25) is 0 Å². The van der Waals surface area contributed by atoms with Crippen molar-refractivity contribution in [2.45, 2.75) is 6.54 Å². The molecule has 0 aromatic carbocycles. The molecule has 0 spiro atoms. The van der Waals surface area contributed by atoms with Crippen LogP contribution in [0.15, 0.2) is 11.3 Å². The van der Waals surface area contributed by atoms with E-state index in [9.17, 15) is 10.1 Å². The molecule has 9 heteroatoms. The highest BCUT2D eigenvalue weighted by atomic mass is 35.5. The first-order valence-electron chi connectivity index (χ1n) is 5.11. The Labute approximate surface area is 98.5 Å². The molecule has 0 amide bonds. The van der Waals surface area contributed by atoms with Crippen molar-refractivity contribution in [3.63, 3.8) is 0 Å². The van der Waals surface area contributed by atoms with Gasteiger partial charge >= 0.3 is 0 Å². The van der Waals surface area contributed by atoms with Gasteiger partial charge in [0, 0.05) is 22.2 Å². The molecule has 1 rings (SSSR count). The zero-order valence-corrected chi connectivity index (χ0v) is 8.80. The third kappa shape index (κ3) is 4.09. The Kier molecular flexibility index (Phi) is 2.85. The number of nitrogens with one attached hydrogen (secondary N) is 2. The molecular formula is C6H8ClN5O2S. The molecule has 82 valence electrons. The Morgan fingerprint density at radius 3 is 3.33 bits per heavy atom. The zero-order chi connectivity index (χ0) is 13.8. The first-order valence-corrected chi connectivity index (χ1v) is 4.81. The predicted molar refractivity (Wildman–Crippen MR) is 57.5 cm³/mol. The Morgan fingerprint density at radius 1 is 2.00 bits per heavy atom. The van der Waals surface area contributed by atoms with E-state index in [1.807, 2.05) is 5.32 Å². The quantitative estimate of drug-likeness (QED) is 0.357. The van der Waals surface area contributed by atoms with Crippen LogP contribution in [-0.4, -0.2) is 23.0 Å². The van der Waals surface area contributed by atoms with Crippen LogP contribution >= 0.6 is 22.9 Å². The van der Waals surface area contributed by atoms with Crippen LogP contribution < -0.4 is 10.6 Å². The molecule has 1 aromatic heterocycles. The van der Waals surface area contributed by atoms with Crippen molar-refractivity contribution in [3.05, 3.63) is 25.7 Å². The molecular weight excluding hydrogens is 242 g/mol. The summed E-state index contributed by atoms with van der Waals surface area (Å²) >= 11 is 6.77. The molecule has 2 N–H and O–H groups in total. The zero-order valence-electron chi connectivity index (χ0n) is 10.2. The van der Waals surface area contributed by atoms with Gasteiger partial charge in [0.15, 0.2) is 9.50 Å². The van der Waals surface area contributed by atoms with E-state index in [1.54, 1.807) is 0 Å². The van der Waals surface area contributed by atoms with Gasteiger partial charge in [-0.2, -0.15) is 0 Å². The molecule has 15 heavy (non-hydrogen) atoms. The molecule has 0 bridgehead atoms. The van der Waals surface area contributed by atoms with E-state index in [0.29, 0.717) is 9.34 Å². The summed E-state index contributed by atoms with van der Waals surface area (Å²) in [4.78, 5) is 14.7. The van der Waals surface area contributed by atoms with Crippen molar-refractivity contribution in [1.82, 2.24) is 15.6 Å². The van der Waals surface area contributed by atoms with Crippen molar-refractivity contribution in [2.75, 3.05) is 6.98 Å². The molecule has 0 radical (unpaired) electrons. The van der Waals surface area contributed by atoms with E-state index in [2.05, 4.69) is 15.4 Å². The lowest BCUT2D eigenvalue weighted by atomic mass is 10.5. The summed E-state index contributed by atoms with van der Waals surface area (Å²) in [6.07, 6.45) is 1.47. The monoisotopic (exact) mass is 252 g/mol. The van der Waals surface area contributed by atoms with Gasteiger partial charge in [0.25, 0.3) is 5.96 Å². The molecule has 7 nitrogen and oxygen atoms in total. The van der Waals surface area contributed by atoms with Crippen molar-refractivity contribution in [3.8, 4) is 0 Å². The van der Waals surface area contributed by atoms with Crippen LogP contribution in [0.25, 0.3) is 0 Å². The summed E-state index contributed by atoms with van der Waals surface area (Å²) in [6, 6.07) is 0. The smallest absolute Gasteiger partial charge is 0.268 e. The molecule has 0 aliphatic carbocycles. The molecule has 0 saturated carbocycles. The van der Waals surface area contributed by atoms with E-state index in [0.717, 1.165) is 0 Å². The number of nitrogens with zero attached hydrogens (tertiary/aromatic N) is 3. The van der Waals surface area contributed by atoms with Crippen LogP contribution in [0, 0.1) is 10.1 Å². The van der Waals surface area contributed by atoms with Crippen molar-refractivity contribution in [2.24, 2.45) is 5.10 Å². The second kappa shape index (κ2) is 5.47. The minimum absolute atomic E-state index is 0.125. The first kappa shape index (κ1) is 7.83. The summed E-state index contributed by atoms with van der Waals surface area (Å²) in [7, 11) is 0. The van der Waals surface area contributed by atoms with Gasteiger partial charge in [-0.25, -0.2) is 15.1 Å². The SMILES string of the molecule is [2H]C([2H])([2H])NC(=N[N+](=O)[O-])NCc1cnc(Cl)s1. The normalized spacial score (nSPS) is 15.0. The highest BCUT2D eigenvalue weighted by molar-refractivity contribution is 7.15. The Balaban J connectivity index is 2.65. The second-order valence-corrected chi connectivity index (χ2v) is 3.94. The number of aromatic nitrogens is 1. The van der Waals surface area contributed by atoms with Crippen LogP contribution in [-0.2, 0) is 6.54 Å². The largest absolute Gasteiger partial charge is 0.354 e. The number of nitro groups is 1. The van der Waals surface area contributed by atoms with Crippen LogP contribution in [0.3, 0.4) is 0 Å². The Morgan fingerprint density at radius 2 is 2.80 bits per heavy atom. The molecule has 0 fully saturated rings. The van der Waals surface area contributed by atoms with Gasteiger partial charge in [-0.05, 0) is 0 Å². The molecule has 0 aliphatic heterocycles. The maximum Gasteiger partial charge on any atom is 0.268 e. The number of hydrazone groups is 1. The summed E-state index contributed by atoms with van der Waals surface area (Å²) in [6.45, 7) is -2.45. The Bertz CT molecular complexity index is 462. The third-order valence-electron chi connectivity index (χ3n) is 1.26. The first-order chi connectivity index (χ1) is 8.26. The lowest BCUT2D eigenvalue weighted by Crippen LogP contribution is -2.34. The minimum atomic E-state index is -2.58. The van der Waals surface area contributed by atoms with Crippen molar-refractivity contribution in [1.29, 1.82) is 0 Å². The fraction of sp³-hybridized carbons (Fsp3) is 0.333. The fourth-order valence-electron chi connectivity index (χ4n) is 0.722. The van der Waals surface area contributed by atoms with Crippen LogP contribution in [0.1, 0.15) is 8.99 Å². The van der Waals surface area contributed by atoms with E-state index >= 15 is 0 Å². The number of thiazole rings is 1. The lowest BCUT2D eigenvalue weighted by molar-refractivity contribution is -0.485. The van der Waals surface area contributed by atoms with E-state index in [4.69, 9.17) is 15.7 Å². The summed E-state index contributed by atoms with van der Waals surface area (Å²) in [5.41, 5.74) is 0. The van der Waals surface area contributed by atoms with Crippen LogP contribution in [0.2, 0.25) is 4.47 Å². The summed E-state index contributed by atoms with van der Waals surface area (Å²) < 4.78 is 21.1. The van der Waals surface area contributed by atoms with Gasteiger partial charge in [-0.1, -0.05) is 11.6 Å². The number of hydrogen-bond donors (Lipinski definition) is 2. The average molecular weight is 253 g/mol. The fourth-order valence-corrected chi connectivity index (χ4v) is 1.64. The van der Waals surface area contributed by atoms with E-state index < -0.39 is 18.0 Å². The highest BCUT2D eigenvalue weighted by Crippen LogP contribution is 2.16. The highest BCUT2D eigenvalue weighted by Gasteiger charge is 2.04. The van der Waals surface area contributed by atoms with Crippen molar-refractivity contribution >= 4 is 28.9 Å².